The quantitative estimate of drug-likeness (QED) is 0.824. The van der Waals surface area contributed by atoms with Gasteiger partial charge in [-0.1, -0.05) is 0 Å². The molecule has 1 aromatic carbocycles. The fourth-order valence-corrected chi connectivity index (χ4v) is 3.01. The van der Waals surface area contributed by atoms with Crippen molar-refractivity contribution in [3.63, 3.8) is 0 Å². The lowest BCUT2D eigenvalue weighted by atomic mass is 10.0. The number of amides is 2. The molecule has 0 aliphatic carbocycles. The number of carbonyl (C=O) groups excluding carboxylic acids is 2. The summed E-state index contributed by atoms with van der Waals surface area (Å²) < 4.78 is 18.0. The molecular formula is C20H23FN4O3. The van der Waals surface area contributed by atoms with Crippen molar-refractivity contribution in [3.8, 4) is 0 Å². The molecule has 1 aromatic heterocycles. The van der Waals surface area contributed by atoms with Crippen molar-refractivity contribution in [2.45, 2.75) is 25.8 Å². The van der Waals surface area contributed by atoms with E-state index in [1.54, 1.807) is 42.3 Å². The maximum absolute atomic E-state index is 13.0. The van der Waals surface area contributed by atoms with Crippen LogP contribution in [-0.2, 0) is 4.74 Å². The van der Waals surface area contributed by atoms with Gasteiger partial charge in [0.15, 0.2) is 0 Å². The molecule has 1 aliphatic heterocycles. The Kier molecular flexibility index (Phi) is 6.41. The number of aromatic nitrogens is 1. The van der Waals surface area contributed by atoms with Crippen molar-refractivity contribution < 1.29 is 18.7 Å². The first kappa shape index (κ1) is 19.6. The minimum absolute atomic E-state index is 0.000139. The van der Waals surface area contributed by atoms with Crippen molar-refractivity contribution in [2.24, 2.45) is 0 Å². The molecule has 8 heteroatoms. The number of nitrogens with one attached hydrogen (secondary N) is 2. The molecule has 0 radical (unpaired) electrons. The van der Waals surface area contributed by atoms with Crippen LogP contribution >= 0.6 is 0 Å². The third kappa shape index (κ3) is 5.18. The first-order valence-corrected chi connectivity index (χ1v) is 9.26. The van der Waals surface area contributed by atoms with Crippen LogP contribution in [0.3, 0.4) is 0 Å². The normalized spacial score (nSPS) is 14.4. The van der Waals surface area contributed by atoms with Gasteiger partial charge in [0.25, 0.3) is 5.91 Å². The van der Waals surface area contributed by atoms with Gasteiger partial charge in [0.1, 0.15) is 11.6 Å². The summed E-state index contributed by atoms with van der Waals surface area (Å²) >= 11 is 0. The maximum Gasteiger partial charge on any atom is 0.409 e. The van der Waals surface area contributed by atoms with Gasteiger partial charge in [-0.25, -0.2) is 14.2 Å². The predicted molar refractivity (Wildman–Crippen MR) is 103 cm³/mol. The van der Waals surface area contributed by atoms with Crippen LogP contribution in [0.5, 0.6) is 0 Å². The summed E-state index contributed by atoms with van der Waals surface area (Å²) in [4.78, 5) is 30.1. The largest absolute Gasteiger partial charge is 0.450 e. The summed E-state index contributed by atoms with van der Waals surface area (Å²) in [6, 6.07) is 9.18. The van der Waals surface area contributed by atoms with E-state index in [0.717, 1.165) is 0 Å². The molecule has 1 aliphatic rings. The van der Waals surface area contributed by atoms with Crippen LogP contribution in [0.2, 0.25) is 0 Å². The molecule has 1 fully saturated rings. The van der Waals surface area contributed by atoms with Crippen LogP contribution in [0, 0.1) is 5.82 Å². The molecule has 2 aromatic rings. The van der Waals surface area contributed by atoms with Crippen molar-refractivity contribution in [1.82, 2.24) is 15.2 Å². The van der Waals surface area contributed by atoms with E-state index in [2.05, 4.69) is 15.6 Å². The van der Waals surface area contributed by atoms with Crippen molar-refractivity contribution >= 4 is 23.5 Å². The molecule has 148 valence electrons. The van der Waals surface area contributed by atoms with Gasteiger partial charge in [-0.05, 0) is 56.2 Å². The van der Waals surface area contributed by atoms with Gasteiger partial charge < -0.3 is 20.3 Å². The van der Waals surface area contributed by atoms with Gasteiger partial charge in [-0.3, -0.25) is 4.79 Å². The fourth-order valence-electron chi connectivity index (χ4n) is 3.01. The Labute approximate surface area is 162 Å². The predicted octanol–water partition coefficient (Wildman–Crippen LogP) is 3.32. The second kappa shape index (κ2) is 9.16. The molecule has 0 atom stereocenters. The summed E-state index contributed by atoms with van der Waals surface area (Å²) in [5.41, 5.74) is 1.16. The van der Waals surface area contributed by atoms with Crippen LogP contribution < -0.4 is 10.6 Å². The lowest BCUT2D eigenvalue weighted by Crippen LogP contribution is -2.46. The highest BCUT2D eigenvalue weighted by Crippen LogP contribution is 2.17. The third-order valence-electron chi connectivity index (χ3n) is 4.49. The first-order chi connectivity index (χ1) is 13.5. The van der Waals surface area contributed by atoms with E-state index in [4.69, 9.17) is 4.74 Å². The Hall–Kier alpha value is -3.16. The molecule has 2 heterocycles. The van der Waals surface area contributed by atoms with Gasteiger partial charge in [0.2, 0.25) is 0 Å². The number of halogens is 1. The Morgan fingerprint density at radius 2 is 1.93 bits per heavy atom. The topological polar surface area (TPSA) is 83.6 Å². The number of ether oxygens (including phenoxy) is 1. The summed E-state index contributed by atoms with van der Waals surface area (Å²) in [5.74, 6) is -0.0174. The van der Waals surface area contributed by atoms with Gasteiger partial charge in [-0.2, -0.15) is 0 Å². The minimum Gasteiger partial charge on any atom is -0.450 e. The number of carbonyl (C=O) groups is 2. The average molecular weight is 386 g/mol. The van der Waals surface area contributed by atoms with E-state index in [1.807, 2.05) is 0 Å². The number of rotatable bonds is 5. The zero-order valence-electron chi connectivity index (χ0n) is 15.7. The Balaban J connectivity index is 1.55. The SMILES string of the molecule is CCOC(=O)N1CCC(NC(=O)c2ccnc(Nc3ccc(F)cc3)c2)CC1. The van der Waals surface area contributed by atoms with E-state index < -0.39 is 0 Å². The van der Waals surface area contributed by atoms with Crippen LogP contribution in [-0.4, -0.2) is 47.6 Å². The van der Waals surface area contributed by atoms with Crippen molar-refractivity contribution in [1.29, 1.82) is 0 Å². The van der Waals surface area contributed by atoms with Crippen LogP contribution in [0.4, 0.5) is 20.7 Å². The summed E-state index contributed by atoms with van der Waals surface area (Å²) in [5, 5.41) is 6.05. The number of piperidine rings is 1. The minimum atomic E-state index is -0.319. The number of hydrogen-bond acceptors (Lipinski definition) is 5. The van der Waals surface area contributed by atoms with E-state index in [1.165, 1.54) is 12.1 Å². The van der Waals surface area contributed by atoms with E-state index >= 15 is 0 Å². The second-order valence-corrected chi connectivity index (χ2v) is 6.50. The number of nitrogens with zero attached hydrogens (tertiary/aromatic N) is 2. The Morgan fingerprint density at radius 1 is 1.21 bits per heavy atom. The third-order valence-corrected chi connectivity index (χ3v) is 4.49. The molecule has 0 unspecified atom stereocenters. The van der Waals surface area contributed by atoms with Crippen molar-refractivity contribution in [3.05, 3.63) is 54.0 Å². The molecule has 28 heavy (non-hydrogen) atoms. The molecule has 2 amide bonds. The molecular weight excluding hydrogens is 363 g/mol. The van der Waals surface area contributed by atoms with Gasteiger partial charge in [-0.15, -0.1) is 0 Å². The Bertz CT molecular complexity index is 820. The molecule has 0 bridgehead atoms. The van der Waals surface area contributed by atoms with Gasteiger partial charge in [0.05, 0.1) is 6.61 Å². The molecule has 0 spiro atoms. The van der Waals surface area contributed by atoms with Gasteiger partial charge >= 0.3 is 6.09 Å². The fraction of sp³-hybridized carbons (Fsp3) is 0.350. The number of anilines is 2. The summed E-state index contributed by atoms with van der Waals surface area (Å²) in [6.07, 6.45) is 2.59. The monoisotopic (exact) mass is 386 g/mol. The molecule has 1 saturated heterocycles. The molecule has 7 nitrogen and oxygen atoms in total. The second-order valence-electron chi connectivity index (χ2n) is 6.50. The zero-order valence-corrected chi connectivity index (χ0v) is 15.7. The number of likely N-dealkylation sites (tertiary alicyclic amines) is 1. The standard InChI is InChI=1S/C20H23FN4O3/c1-2-28-20(27)25-11-8-17(9-12-25)24-19(26)14-7-10-22-18(13-14)23-16-5-3-15(21)4-6-16/h3-7,10,13,17H,2,8-9,11-12H2,1H3,(H,22,23)(H,24,26). The maximum atomic E-state index is 13.0. The summed E-state index contributed by atoms with van der Waals surface area (Å²) in [7, 11) is 0. The van der Waals surface area contributed by atoms with E-state index in [9.17, 15) is 14.0 Å². The summed E-state index contributed by atoms with van der Waals surface area (Å²) in [6.45, 7) is 3.24. The van der Waals surface area contributed by atoms with E-state index in [-0.39, 0.29) is 23.9 Å². The highest BCUT2D eigenvalue weighted by Gasteiger charge is 2.24. The lowest BCUT2D eigenvalue weighted by Gasteiger charge is -2.31. The molecule has 0 saturated carbocycles. The number of pyridine rings is 1. The molecule has 3 rings (SSSR count). The highest BCUT2D eigenvalue weighted by atomic mass is 19.1. The Morgan fingerprint density at radius 3 is 2.61 bits per heavy atom. The first-order valence-electron chi connectivity index (χ1n) is 9.26. The van der Waals surface area contributed by atoms with Crippen molar-refractivity contribution in [2.75, 3.05) is 25.0 Å². The van der Waals surface area contributed by atoms with E-state index in [0.29, 0.717) is 49.6 Å². The smallest absolute Gasteiger partial charge is 0.409 e. The van der Waals surface area contributed by atoms with Crippen LogP contribution in [0.15, 0.2) is 42.6 Å². The van der Waals surface area contributed by atoms with Crippen LogP contribution in [0.1, 0.15) is 30.1 Å². The lowest BCUT2D eigenvalue weighted by molar-refractivity contribution is 0.0860. The zero-order chi connectivity index (χ0) is 19.9. The highest BCUT2D eigenvalue weighted by molar-refractivity contribution is 5.95. The number of hydrogen-bond donors (Lipinski definition) is 2. The van der Waals surface area contributed by atoms with Gasteiger partial charge in [0, 0.05) is 36.6 Å². The molecule has 2 N–H and O–H groups in total. The van der Waals surface area contributed by atoms with Crippen LogP contribution in [0.25, 0.3) is 0 Å². The number of benzene rings is 1. The average Bonchev–Trinajstić information content (AvgIpc) is 2.71.